The maximum atomic E-state index is 6.35. The van der Waals surface area contributed by atoms with Gasteiger partial charge in [0.2, 0.25) is 0 Å². The van der Waals surface area contributed by atoms with Crippen molar-refractivity contribution in [2.75, 3.05) is 13.7 Å². The van der Waals surface area contributed by atoms with Gasteiger partial charge in [-0.3, -0.25) is 0 Å². The Kier molecular flexibility index (Phi) is 4.81. The zero-order valence-electron chi connectivity index (χ0n) is 12.7. The van der Waals surface area contributed by atoms with Crippen molar-refractivity contribution < 1.29 is 4.74 Å². The van der Waals surface area contributed by atoms with E-state index in [-0.39, 0.29) is 22.7 Å². The highest BCUT2D eigenvalue weighted by molar-refractivity contribution is 5.07. The summed E-state index contributed by atoms with van der Waals surface area (Å²) in [6.07, 6.45) is 4.05. The van der Waals surface area contributed by atoms with Gasteiger partial charge < -0.3 is 21.5 Å². The number of hydrogen-bond acceptors (Lipinski definition) is 4. The lowest BCUT2D eigenvalue weighted by Gasteiger charge is -2.50. The Morgan fingerprint density at radius 1 is 1.11 bits per heavy atom. The summed E-state index contributed by atoms with van der Waals surface area (Å²) in [5.41, 5.74) is 12.3. The van der Waals surface area contributed by atoms with E-state index in [4.69, 9.17) is 16.2 Å². The van der Waals surface area contributed by atoms with E-state index in [1.54, 1.807) is 7.11 Å². The summed E-state index contributed by atoms with van der Waals surface area (Å²) < 4.78 is 5.41. The third-order valence-electron chi connectivity index (χ3n) is 3.94. The molecular weight excluding hydrogens is 226 g/mol. The van der Waals surface area contributed by atoms with Gasteiger partial charge in [0.25, 0.3) is 0 Å². The predicted octanol–water partition coefficient (Wildman–Crippen LogP) is 1.38. The molecule has 5 N–H and O–H groups in total. The molecule has 18 heavy (non-hydrogen) atoms. The Balaban J connectivity index is 2.66. The van der Waals surface area contributed by atoms with Crippen molar-refractivity contribution in [1.29, 1.82) is 0 Å². The van der Waals surface area contributed by atoms with Gasteiger partial charge in [-0.05, 0) is 46.5 Å². The molecule has 1 fully saturated rings. The van der Waals surface area contributed by atoms with Crippen molar-refractivity contribution in [3.05, 3.63) is 0 Å². The van der Waals surface area contributed by atoms with Gasteiger partial charge in [-0.25, -0.2) is 0 Å². The molecule has 0 amide bonds. The van der Waals surface area contributed by atoms with Gasteiger partial charge in [0, 0.05) is 30.3 Å². The van der Waals surface area contributed by atoms with E-state index in [9.17, 15) is 0 Å². The zero-order chi connectivity index (χ0) is 14.0. The highest BCUT2D eigenvalue weighted by Crippen LogP contribution is 2.38. The van der Waals surface area contributed by atoms with E-state index in [2.05, 4.69) is 33.0 Å². The molecule has 1 aliphatic rings. The van der Waals surface area contributed by atoms with Gasteiger partial charge in [0.05, 0.1) is 6.10 Å². The zero-order valence-corrected chi connectivity index (χ0v) is 12.7. The number of rotatable bonds is 5. The molecule has 0 bridgehead atoms. The second-order valence-electron chi connectivity index (χ2n) is 7.05. The molecule has 1 saturated carbocycles. The smallest absolute Gasteiger partial charge is 0.0693 e. The fourth-order valence-corrected chi connectivity index (χ4v) is 3.77. The first-order chi connectivity index (χ1) is 8.11. The Bertz CT molecular complexity index is 256. The summed E-state index contributed by atoms with van der Waals surface area (Å²) in [7, 11) is 1.76. The average Bonchev–Trinajstić information content (AvgIpc) is 2.13. The number of hydrogen-bond donors (Lipinski definition) is 3. The van der Waals surface area contributed by atoms with E-state index in [0.717, 1.165) is 32.2 Å². The first-order valence-electron chi connectivity index (χ1n) is 6.97. The van der Waals surface area contributed by atoms with Crippen LogP contribution in [0.25, 0.3) is 0 Å². The van der Waals surface area contributed by atoms with Crippen LogP contribution in [0.5, 0.6) is 0 Å². The van der Waals surface area contributed by atoms with Crippen LogP contribution in [0.1, 0.15) is 53.4 Å². The van der Waals surface area contributed by atoms with Crippen molar-refractivity contribution in [2.45, 2.75) is 76.1 Å². The minimum atomic E-state index is -0.196. The first kappa shape index (κ1) is 15.9. The van der Waals surface area contributed by atoms with E-state index in [1.807, 2.05) is 0 Å². The van der Waals surface area contributed by atoms with Crippen LogP contribution in [0, 0.1) is 0 Å². The summed E-state index contributed by atoms with van der Waals surface area (Å²) >= 11 is 0. The van der Waals surface area contributed by atoms with E-state index in [0.29, 0.717) is 0 Å². The summed E-state index contributed by atoms with van der Waals surface area (Å²) in [5, 5.41) is 3.63. The van der Waals surface area contributed by atoms with Crippen LogP contribution >= 0.6 is 0 Å². The highest BCUT2D eigenvalue weighted by atomic mass is 16.5. The molecule has 0 radical (unpaired) electrons. The third kappa shape index (κ3) is 4.50. The van der Waals surface area contributed by atoms with Gasteiger partial charge in [0.1, 0.15) is 0 Å². The fraction of sp³-hybridized carbons (Fsp3) is 1.00. The maximum absolute atomic E-state index is 6.35. The molecule has 108 valence electrons. The lowest BCUT2D eigenvalue weighted by molar-refractivity contribution is 0.0671. The second-order valence-corrected chi connectivity index (χ2v) is 7.05. The molecule has 3 unspecified atom stereocenters. The molecule has 0 heterocycles. The molecule has 0 aromatic carbocycles. The van der Waals surface area contributed by atoms with Crippen molar-refractivity contribution >= 4 is 0 Å². The Morgan fingerprint density at radius 2 is 1.61 bits per heavy atom. The van der Waals surface area contributed by atoms with Crippen LogP contribution in [-0.4, -0.2) is 36.4 Å². The summed E-state index contributed by atoms with van der Waals surface area (Å²) in [4.78, 5) is 0. The first-order valence-corrected chi connectivity index (χ1v) is 6.97. The van der Waals surface area contributed by atoms with Crippen LogP contribution in [0.2, 0.25) is 0 Å². The highest BCUT2D eigenvalue weighted by Gasteiger charge is 2.45. The standard InChI is InChI=1S/C14H31N3O/c1-6-11(18-5)7-17-14(4)9-12(2,15)8-13(3,16)10-14/h11,17H,6-10,15-16H2,1-5H3. The predicted molar refractivity (Wildman–Crippen MR) is 76.5 cm³/mol. The molecule has 0 spiro atoms. The molecule has 1 rings (SSSR count). The largest absolute Gasteiger partial charge is 0.380 e. The maximum Gasteiger partial charge on any atom is 0.0693 e. The molecule has 0 aliphatic heterocycles. The van der Waals surface area contributed by atoms with Gasteiger partial charge in [0.15, 0.2) is 0 Å². The van der Waals surface area contributed by atoms with Crippen LogP contribution in [-0.2, 0) is 4.74 Å². The minimum Gasteiger partial charge on any atom is -0.380 e. The molecule has 4 heteroatoms. The number of methoxy groups -OCH3 is 1. The average molecular weight is 257 g/mol. The monoisotopic (exact) mass is 257 g/mol. The van der Waals surface area contributed by atoms with E-state index < -0.39 is 0 Å². The molecule has 4 nitrogen and oxygen atoms in total. The van der Waals surface area contributed by atoms with Gasteiger partial charge in [-0.1, -0.05) is 6.92 Å². The third-order valence-corrected chi connectivity index (χ3v) is 3.94. The van der Waals surface area contributed by atoms with Crippen LogP contribution < -0.4 is 16.8 Å². The molecule has 3 atom stereocenters. The lowest BCUT2D eigenvalue weighted by Crippen LogP contribution is -2.65. The SMILES string of the molecule is CCC(CNC1(C)CC(C)(N)CC(C)(N)C1)OC. The summed E-state index contributed by atoms with van der Waals surface area (Å²) in [6, 6.07) is 0. The van der Waals surface area contributed by atoms with Gasteiger partial charge >= 0.3 is 0 Å². The second kappa shape index (κ2) is 5.45. The molecule has 1 aliphatic carbocycles. The van der Waals surface area contributed by atoms with Crippen LogP contribution in [0.4, 0.5) is 0 Å². The van der Waals surface area contributed by atoms with Crippen molar-refractivity contribution in [3.8, 4) is 0 Å². The van der Waals surface area contributed by atoms with Gasteiger partial charge in [-0.2, -0.15) is 0 Å². The minimum absolute atomic E-state index is 0.00278. The molecule has 0 aromatic rings. The topological polar surface area (TPSA) is 73.3 Å². The van der Waals surface area contributed by atoms with Crippen LogP contribution in [0.15, 0.2) is 0 Å². The van der Waals surface area contributed by atoms with E-state index in [1.165, 1.54) is 0 Å². The lowest BCUT2D eigenvalue weighted by atomic mass is 9.65. The van der Waals surface area contributed by atoms with Crippen molar-refractivity contribution in [3.63, 3.8) is 0 Å². The van der Waals surface area contributed by atoms with Crippen molar-refractivity contribution in [2.24, 2.45) is 11.5 Å². The number of nitrogens with two attached hydrogens (primary N) is 2. The summed E-state index contributed by atoms with van der Waals surface area (Å²) in [5.74, 6) is 0. The molecule has 0 saturated heterocycles. The molecule has 0 aromatic heterocycles. The normalized spacial score (nSPS) is 42.8. The fourth-order valence-electron chi connectivity index (χ4n) is 3.77. The quantitative estimate of drug-likeness (QED) is 0.695. The molecular formula is C14H31N3O. The summed E-state index contributed by atoms with van der Waals surface area (Å²) in [6.45, 7) is 9.43. The number of ether oxygens (including phenoxy) is 1. The van der Waals surface area contributed by atoms with Gasteiger partial charge in [-0.15, -0.1) is 0 Å². The Hall–Kier alpha value is -0.160. The number of nitrogens with one attached hydrogen (secondary N) is 1. The Labute approximate surface area is 112 Å². The van der Waals surface area contributed by atoms with Crippen molar-refractivity contribution in [1.82, 2.24) is 5.32 Å². The van der Waals surface area contributed by atoms with Crippen LogP contribution in [0.3, 0.4) is 0 Å². The Morgan fingerprint density at radius 3 is 2.00 bits per heavy atom. The van der Waals surface area contributed by atoms with E-state index >= 15 is 0 Å².